The minimum atomic E-state index is -5.50. The molecule has 0 aromatic heterocycles. The van der Waals surface area contributed by atoms with Gasteiger partial charge in [0.2, 0.25) is 0 Å². The Hall–Kier alpha value is -0.420. The van der Waals surface area contributed by atoms with Gasteiger partial charge in [0.15, 0.2) is 0 Å². The van der Waals surface area contributed by atoms with Gasteiger partial charge in [0.1, 0.15) is 0 Å². The Morgan fingerprint density at radius 3 is 1.30 bits per heavy atom. The standard InChI is InChI=1S/C4H4F6/c1-3(7,2(5)6)4(8,9)10/h2H,1H3. The molecule has 0 saturated heterocycles. The number of rotatable bonds is 1. The molecule has 0 nitrogen and oxygen atoms in total. The number of halogens is 6. The lowest BCUT2D eigenvalue weighted by molar-refractivity contribution is -0.260. The highest BCUT2D eigenvalue weighted by Crippen LogP contribution is 2.37. The van der Waals surface area contributed by atoms with E-state index in [-0.39, 0.29) is 6.92 Å². The molecule has 0 N–H and O–H groups in total. The van der Waals surface area contributed by atoms with Crippen molar-refractivity contribution in [1.29, 1.82) is 0 Å². The normalized spacial score (nSPS) is 19.2. The molecule has 0 bridgehead atoms. The van der Waals surface area contributed by atoms with Gasteiger partial charge in [0.25, 0.3) is 12.1 Å². The van der Waals surface area contributed by atoms with Crippen LogP contribution in [-0.4, -0.2) is 18.3 Å². The van der Waals surface area contributed by atoms with Crippen LogP contribution in [0.1, 0.15) is 6.92 Å². The van der Waals surface area contributed by atoms with Crippen LogP contribution in [0, 0.1) is 0 Å². The van der Waals surface area contributed by atoms with Gasteiger partial charge < -0.3 is 0 Å². The summed E-state index contributed by atoms with van der Waals surface area (Å²) >= 11 is 0. The van der Waals surface area contributed by atoms with E-state index in [1.54, 1.807) is 0 Å². The van der Waals surface area contributed by atoms with Crippen molar-refractivity contribution in [3.8, 4) is 0 Å². The van der Waals surface area contributed by atoms with Crippen molar-refractivity contribution < 1.29 is 26.3 Å². The lowest BCUT2D eigenvalue weighted by atomic mass is 10.1. The van der Waals surface area contributed by atoms with Crippen molar-refractivity contribution in [3.05, 3.63) is 0 Å². The quantitative estimate of drug-likeness (QED) is 0.525. The first-order valence-corrected chi connectivity index (χ1v) is 2.23. The highest BCUT2D eigenvalue weighted by molar-refractivity contribution is 4.84. The summed E-state index contributed by atoms with van der Waals surface area (Å²) in [6.45, 7) is -0.197. The summed E-state index contributed by atoms with van der Waals surface area (Å²) in [6, 6.07) is 0. The Morgan fingerprint density at radius 1 is 1.00 bits per heavy atom. The molecule has 0 aliphatic heterocycles. The summed E-state index contributed by atoms with van der Waals surface area (Å²) < 4.78 is 68.0. The molecule has 0 heterocycles. The molecule has 0 saturated carbocycles. The van der Waals surface area contributed by atoms with Gasteiger partial charge in [-0.3, -0.25) is 0 Å². The monoisotopic (exact) mass is 166 g/mol. The Kier molecular flexibility index (Phi) is 2.22. The molecule has 0 aliphatic carbocycles. The second-order valence-corrected chi connectivity index (χ2v) is 1.87. The molecule has 1 unspecified atom stereocenters. The van der Waals surface area contributed by atoms with Crippen LogP contribution in [0.3, 0.4) is 0 Å². The van der Waals surface area contributed by atoms with Crippen LogP contribution in [0.2, 0.25) is 0 Å². The van der Waals surface area contributed by atoms with Gasteiger partial charge in [-0.25, -0.2) is 13.2 Å². The van der Waals surface area contributed by atoms with Crippen LogP contribution < -0.4 is 0 Å². The molecule has 0 amide bonds. The van der Waals surface area contributed by atoms with E-state index in [9.17, 15) is 26.3 Å². The maximum absolute atomic E-state index is 11.8. The molecule has 1 atom stereocenters. The van der Waals surface area contributed by atoms with E-state index in [1.165, 1.54) is 0 Å². The lowest BCUT2D eigenvalue weighted by Gasteiger charge is -2.21. The third-order valence-corrected chi connectivity index (χ3v) is 0.964. The molecular weight excluding hydrogens is 162 g/mol. The SMILES string of the molecule is CC(F)(C(F)F)C(F)(F)F. The molecule has 62 valence electrons. The van der Waals surface area contributed by atoms with E-state index in [0.717, 1.165) is 0 Å². The van der Waals surface area contributed by atoms with Crippen LogP contribution in [0.25, 0.3) is 0 Å². The average Bonchev–Trinajstić information content (AvgIpc) is 1.62. The minimum Gasteiger partial charge on any atom is -0.228 e. The van der Waals surface area contributed by atoms with E-state index in [1.807, 2.05) is 0 Å². The molecule has 0 fully saturated rings. The first-order chi connectivity index (χ1) is 4.19. The van der Waals surface area contributed by atoms with Crippen LogP contribution in [0.5, 0.6) is 0 Å². The van der Waals surface area contributed by atoms with Crippen molar-refractivity contribution in [2.75, 3.05) is 0 Å². The zero-order valence-corrected chi connectivity index (χ0v) is 4.85. The van der Waals surface area contributed by atoms with Crippen molar-refractivity contribution >= 4 is 0 Å². The Labute approximate surface area is 52.8 Å². The molecule has 0 spiro atoms. The van der Waals surface area contributed by atoms with Gasteiger partial charge in [-0.15, -0.1) is 0 Å². The zero-order valence-electron chi connectivity index (χ0n) is 4.85. The molecule has 6 heteroatoms. The van der Waals surface area contributed by atoms with Crippen molar-refractivity contribution in [2.24, 2.45) is 0 Å². The van der Waals surface area contributed by atoms with E-state index in [0.29, 0.717) is 0 Å². The minimum absolute atomic E-state index is 0.197. The second kappa shape index (κ2) is 2.32. The van der Waals surface area contributed by atoms with Gasteiger partial charge in [0, 0.05) is 0 Å². The molecule has 0 aromatic rings. The smallest absolute Gasteiger partial charge is 0.228 e. The zero-order chi connectivity index (χ0) is 8.58. The Balaban J connectivity index is 4.40. The van der Waals surface area contributed by atoms with Gasteiger partial charge >= 0.3 is 6.18 Å². The van der Waals surface area contributed by atoms with E-state index in [4.69, 9.17) is 0 Å². The molecule has 0 aromatic carbocycles. The van der Waals surface area contributed by atoms with Gasteiger partial charge in [0.05, 0.1) is 0 Å². The highest BCUT2D eigenvalue weighted by atomic mass is 19.4. The summed E-state index contributed by atoms with van der Waals surface area (Å²) in [4.78, 5) is 0. The fourth-order valence-corrected chi connectivity index (χ4v) is 0.124. The van der Waals surface area contributed by atoms with Crippen molar-refractivity contribution in [3.63, 3.8) is 0 Å². The van der Waals surface area contributed by atoms with Crippen LogP contribution in [0.4, 0.5) is 26.3 Å². The largest absolute Gasteiger partial charge is 0.427 e. The van der Waals surface area contributed by atoms with Crippen LogP contribution >= 0.6 is 0 Å². The molecule has 10 heavy (non-hydrogen) atoms. The molecule has 0 rings (SSSR count). The first kappa shape index (κ1) is 9.58. The summed E-state index contributed by atoms with van der Waals surface area (Å²) in [5, 5.41) is 0. The van der Waals surface area contributed by atoms with Crippen molar-refractivity contribution in [2.45, 2.75) is 25.2 Å². The summed E-state index contributed by atoms with van der Waals surface area (Å²) in [5.74, 6) is 0. The number of hydrogen-bond donors (Lipinski definition) is 0. The first-order valence-electron chi connectivity index (χ1n) is 2.23. The summed E-state index contributed by atoms with van der Waals surface area (Å²) in [7, 11) is 0. The van der Waals surface area contributed by atoms with Crippen molar-refractivity contribution in [1.82, 2.24) is 0 Å². The molecule has 0 radical (unpaired) electrons. The van der Waals surface area contributed by atoms with Crippen LogP contribution in [-0.2, 0) is 0 Å². The van der Waals surface area contributed by atoms with E-state index >= 15 is 0 Å². The van der Waals surface area contributed by atoms with Crippen LogP contribution in [0.15, 0.2) is 0 Å². The number of hydrogen-bond acceptors (Lipinski definition) is 0. The maximum Gasteiger partial charge on any atom is 0.427 e. The third kappa shape index (κ3) is 1.54. The number of alkyl halides is 6. The molecular formula is C4H4F6. The third-order valence-electron chi connectivity index (χ3n) is 0.964. The Morgan fingerprint density at radius 2 is 1.30 bits per heavy atom. The summed E-state index contributed by atoms with van der Waals surface area (Å²) in [6.07, 6.45) is -9.53. The summed E-state index contributed by atoms with van der Waals surface area (Å²) in [5.41, 5.74) is -4.40. The fraction of sp³-hybridized carbons (Fsp3) is 1.00. The second-order valence-electron chi connectivity index (χ2n) is 1.87. The molecule has 0 aliphatic rings. The van der Waals surface area contributed by atoms with Gasteiger partial charge in [-0.1, -0.05) is 0 Å². The highest BCUT2D eigenvalue weighted by Gasteiger charge is 2.58. The average molecular weight is 166 g/mol. The lowest BCUT2D eigenvalue weighted by Crippen LogP contribution is -2.44. The van der Waals surface area contributed by atoms with E-state index in [2.05, 4.69) is 0 Å². The van der Waals surface area contributed by atoms with Gasteiger partial charge in [-0.2, -0.15) is 13.2 Å². The van der Waals surface area contributed by atoms with E-state index < -0.39 is 18.3 Å². The predicted octanol–water partition coefficient (Wildman–Crippen LogP) is 2.54. The maximum atomic E-state index is 11.8. The predicted molar refractivity (Wildman–Crippen MR) is 21.6 cm³/mol. The van der Waals surface area contributed by atoms with Gasteiger partial charge in [-0.05, 0) is 6.92 Å². The topological polar surface area (TPSA) is 0 Å². The Bertz CT molecular complexity index is 111. The fourth-order valence-electron chi connectivity index (χ4n) is 0.124.